The van der Waals surface area contributed by atoms with Gasteiger partial charge in [0, 0.05) is 34.1 Å². The van der Waals surface area contributed by atoms with Crippen molar-refractivity contribution in [1.29, 1.82) is 0 Å². The Labute approximate surface area is 203 Å². The van der Waals surface area contributed by atoms with E-state index in [0.717, 1.165) is 42.2 Å². The van der Waals surface area contributed by atoms with Crippen LogP contribution < -0.4 is 14.9 Å². The van der Waals surface area contributed by atoms with E-state index in [4.69, 9.17) is 0 Å². The first kappa shape index (κ1) is 25.2. The van der Waals surface area contributed by atoms with Crippen molar-refractivity contribution in [3.05, 3.63) is 53.6 Å². The largest absolute Gasteiger partial charge is 0.319 e. The van der Waals surface area contributed by atoms with Crippen LogP contribution in [-0.4, -0.2) is 39.7 Å². The first-order valence-electron chi connectivity index (χ1n) is 11.9. The maximum Gasteiger partial charge on any atom is 0.258 e. The lowest BCUT2D eigenvalue weighted by atomic mass is 9.71. The average molecular weight is 503 g/mol. The molecule has 1 saturated carbocycles. The second-order valence-electron chi connectivity index (χ2n) is 11.2. The van der Waals surface area contributed by atoms with E-state index in [9.17, 15) is 17.8 Å². The number of rotatable bonds is 4. The lowest BCUT2D eigenvalue weighted by Crippen LogP contribution is -2.40. The Hall–Kier alpha value is -1.95. The Morgan fingerprint density at radius 1 is 1.03 bits per heavy atom. The fourth-order valence-electron chi connectivity index (χ4n) is 5.24. The second-order valence-corrected chi connectivity index (χ2v) is 16.1. The summed E-state index contributed by atoms with van der Waals surface area (Å²) >= 11 is 0. The lowest BCUT2D eigenvalue weighted by molar-refractivity contribution is 0.0982. The molecule has 0 bridgehead atoms. The third-order valence-corrected chi connectivity index (χ3v) is 10.1. The van der Waals surface area contributed by atoms with E-state index in [0.29, 0.717) is 12.1 Å². The number of benzene rings is 2. The number of hydrogen-bond acceptors (Lipinski definition) is 4. The van der Waals surface area contributed by atoms with E-state index in [2.05, 4.69) is 10.8 Å². The molecule has 1 heterocycles. The summed E-state index contributed by atoms with van der Waals surface area (Å²) in [6.07, 6.45) is 5.39. The first-order valence-corrected chi connectivity index (χ1v) is 16.0. The molecule has 8 heteroatoms. The zero-order valence-electron chi connectivity index (χ0n) is 20.7. The van der Waals surface area contributed by atoms with E-state index in [1.165, 1.54) is 18.6 Å². The number of carbonyl (C=O) groups excluding carboxylic acids is 1. The van der Waals surface area contributed by atoms with Crippen LogP contribution in [-0.2, 0) is 20.0 Å². The highest BCUT2D eigenvalue weighted by atomic mass is 32.2. The van der Waals surface area contributed by atoms with E-state index in [1.807, 2.05) is 12.1 Å². The summed E-state index contributed by atoms with van der Waals surface area (Å²) in [7, 11) is -6.20. The van der Waals surface area contributed by atoms with Crippen LogP contribution in [0.15, 0.2) is 47.4 Å². The van der Waals surface area contributed by atoms with Crippen LogP contribution in [0.2, 0.25) is 0 Å². The van der Waals surface area contributed by atoms with Gasteiger partial charge in [-0.05, 0) is 88.9 Å². The van der Waals surface area contributed by atoms with Crippen LogP contribution in [0.5, 0.6) is 0 Å². The molecule has 1 aliphatic heterocycles. The van der Waals surface area contributed by atoms with Crippen molar-refractivity contribution in [3.8, 4) is 0 Å². The molecule has 2 aromatic rings. The summed E-state index contributed by atoms with van der Waals surface area (Å²) < 4.78 is 41.2. The molecule has 0 atom stereocenters. The summed E-state index contributed by atoms with van der Waals surface area (Å²) in [6, 6.07) is 12.1. The summed E-state index contributed by atoms with van der Waals surface area (Å²) in [6.45, 7) is 9.47. The van der Waals surface area contributed by atoms with Crippen molar-refractivity contribution < 1.29 is 17.8 Å². The van der Waals surface area contributed by atoms with Crippen LogP contribution in [0.1, 0.15) is 68.8 Å². The third-order valence-electron chi connectivity index (χ3n) is 6.81. The van der Waals surface area contributed by atoms with Gasteiger partial charge in [-0.25, -0.2) is 13.1 Å². The maximum absolute atomic E-state index is 13.7. The lowest BCUT2D eigenvalue weighted by Gasteiger charge is -2.34. The standard InChI is InChI=1S/C26H35N2O4PS/c1-25(2,3)27-34(31,32)21-11-9-10-19(16-21)24(29)28-18-26(14-7-6-8-15-26)22-17-20(33(4,5)30)12-13-23(22)28/h9-13,16-17,27H,6-8,14-15,18H2,1-5H3. The predicted molar refractivity (Wildman–Crippen MR) is 138 cm³/mol. The SMILES string of the molecule is CC(C)(C)NS(=O)(=O)c1cccc(C(=O)N2CC3(CCCCC3)c3cc(P(C)(C)=O)ccc32)c1. The molecule has 6 nitrogen and oxygen atoms in total. The van der Waals surface area contributed by atoms with Crippen molar-refractivity contribution in [2.24, 2.45) is 0 Å². The van der Waals surface area contributed by atoms with Crippen molar-refractivity contribution in [1.82, 2.24) is 4.72 Å². The number of hydrogen-bond donors (Lipinski definition) is 1. The highest BCUT2D eigenvalue weighted by Gasteiger charge is 2.45. The van der Waals surface area contributed by atoms with E-state index in [-0.39, 0.29) is 16.2 Å². The third kappa shape index (κ3) is 4.89. The van der Waals surface area contributed by atoms with Crippen LogP contribution in [0.3, 0.4) is 0 Å². The molecule has 0 unspecified atom stereocenters. The molecular formula is C26H35N2O4PS. The Bertz CT molecular complexity index is 1270. The maximum atomic E-state index is 13.7. The van der Waals surface area contributed by atoms with Crippen molar-refractivity contribution in [3.63, 3.8) is 0 Å². The molecule has 0 radical (unpaired) electrons. The van der Waals surface area contributed by atoms with Crippen molar-refractivity contribution in [2.45, 2.75) is 68.7 Å². The minimum Gasteiger partial charge on any atom is -0.319 e. The number of amides is 1. The Morgan fingerprint density at radius 2 is 1.71 bits per heavy atom. The molecular weight excluding hydrogens is 467 g/mol. The molecule has 2 aliphatic rings. The van der Waals surface area contributed by atoms with Gasteiger partial charge >= 0.3 is 0 Å². The van der Waals surface area contributed by atoms with Gasteiger partial charge in [0.25, 0.3) is 5.91 Å². The molecule has 1 spiro atoms. The Morgan fingerprint density at radius 3 is 2.32 bits per heavy atom. The van der Waals surface area contributed by atoms with Gasteiger partial charge in [-0.15, -0.1) is 0 Å². The van der Waals surface area contributed by atoms with Gasteiger partial charge in [0.2, 0.25) is 10.0 Å². The first-order chi connectivity index (χ1) is 15.7. The Kier molecular flexibility index (Phi) is 6.37. The normalized spacial score (nSPS) is 18.2. The molecule has 2 aromatic carbocycles. The number of nitrogens with one attached hydrogen (secondary N) is 1. The number of anilines is 1. The predicted octanol–water partition coefficient (Wildman–Crippen LogP) is 4.87. The minimum absolute atomic E-state index is 0.0772. The fourth-order valence-corrected chi connectivity index (χ4v) is 7.58. The molecule has 1 aliphatic carbocycles. The molecule has 1 amide bonds. The molecule has 1 fully saturated rings. The van der Waals surface area contributed by atoms with E-state index in [1.54, 1.807) is 51.1 Å². The van der Waals surface area contributed by atoms with E-state index >= 15 is 0 Å². The second kappa shape index (κ2) is 8.61. The Balaban J connectivity index is 1.74. The highest BCUT2D eigenvalue weighted by molar-refractivity contribution is 7.89. The molecule has 4 rings (SSSR count). The van der Waals surface area contributed by atoms with Gasteiger partial charge in [0.1, 0.15) is 7.14 Å². The minimum atomic E-state index is -3.76. The van der Waals surface area contributed by atoms with Gasteiger partial charge in [-0.3, -0.25) is 4.79 Å². The topological polar surface area (TPSA) is 83.6 Å². The van der Waals surface area contributed by atoms with Gasteiger partial charge in [-0.1, -0.05) is 25.3 Å². The van der Waals surface area contributed by atoms with Gasteiger partial charge in [0.15, 0.2) is 0 Å². The number of carbonyl (C=O) groups is 1. The number of fused-ring (bicyclic) bond motifs is 2. The van der Waals surface area contributed by atoms with Crippen molar-refractivity contribution in [2.75, 3.05) is 24.8 Å². The molecule has 184 valence electrons. The van der Waals surface area contributed by atoms with Crippen LogP contribution >= 0.6 is 7.14 Å². The average Bonchev–Trinajstić information content (AvgIpc) is 3.05. The molecule has 34 heavy (non-hydrogen) atoms. The number of sulfonamides is 1. The summed E-state index contributed by atoms with van der Waals surface area (Å²) in [4.78, 5) is 15.6. The van der Waals surface area contributed by atoms with Gasteiger partial charge < -0.3 is 9.46 Å². The number of nitrogens with zero attached hydrogens (tertiary/aromatic N) is 1. The van der Waals surface area contributed by atoms with Crippen LogP contribution in [0.4, 0.5) is 5.69 Å². The van der Waals surface area contributed by atoms with Crippen LogP contribution in [0.25, 0.3) is 0 Å². The molecule has 1 N–H and O–H groups in total. The highest BCUT2D eigenvalue weighted by Crippen LogP contribution is 2.50. The quantitative estimate of drug-likeness (QED) is 0.605. The smallest absolute Gasteiger partial charge is 0.258 e. The zero-order valence-corrected chi connectivity index (χ0v) is 22.4. The monoisotopic (exact) mass is 502 g/mol. The van der Waals surface area contributed by atoms with Crippen LogP contribution in [0, 0.1) is 0 Å². The molecule has 0 aromatic heterocycles. The zero-order chi connectivity index (χ0) is 24.9. The molecule has 0 saturated heterocycles. The summed E-state index contributed by atoms with van der Waals surface area (Å²) in [5, 5.41) is 0.840. The van der Waals surface area contributed by atoms with E-state index < -0.39 is 22.7 Å². The van der Waals surface area contributed by atoms with Crippen molar-refractivity contribution >= 4 is 34.1 Å². The summed E-state index contributed by atoms with van der Waals surface area (Å²) in [5.74, 6) is -0.208. The summed E-state index contributed by atoms with van der Waals surface area (Å²) in [5.41, 5.74) is 1.54. The van der Waals surface area contributed by atoms with Gasteiger partial charge in [-0.2, -0.15) is 0 Å². The van der Waals surface area contributed by atoms with Gasteiger partial charge in [0.05, 0.1) is 4.90 Å². The fraction of sp³-hybridized carbons (Fsp3) is 0.500.